The molecule has 16 heavy (non-hydrogen) atoms. The van der Waals surface area contributed by atoms with Crippen LogP contribution in [-0.4, -0.2) is 5.91 Å². The molecule has 1 rings (SSSR count). The van der Waals surface area contributed by atoms with Crippen LogP contribution in [0.3, 0.4) is 0 Å². The van der Waals surface area contributed by atoms with E-state index in [4.69, 9.17) is 0 Å². The number of hydrogen-bond acceptors (Lipinski definition) is 1. The first-order chi connectivity index (χ1) is 7.65. The molecule has 0 heterocycles. The average Bonchev–Trinajstić information content (AvgIpc) is 2.26. The Labute approximate surface area is 97.4 Å². The van der Waals surface area contributed by atoms with Crippen molar-refractivity contribution in [3.05, 3.63) is 41.5 Å². The van der Waals surface area contributed by atoms with Crippen LogP contribution in [0.2, 0.25) is 0 Å². The summed E-state index contributed by atoms with van der Waals surface area (Å²) in [5.41, 5.74) is 2.84. The molecule has 0 aliphatic carbocycles. The Hall–Kier alpha value is -1.57. The minimum absolute atomic E-state index is 0.0213. The lowest BCUT2D eigenvalue weighted by Crippen LogP contribution is -2.15. The van der Waals surface area contributed by atoms with Crippen molar-refractivity contribution in [2.45, 2.75) is 33.6 Å². The lowest BCUT2D eigenvalue weighted by molar-refractivity contribution is -0.113. The predicted octanol–water partition coefficient (Wildman–Crippen LogP) is 3.76. The highest BCUT2D eigenvalue weighted by Gasteiger charge is 2.09. The Bertz CT molecular complexity index is 375. The van der Waals surface area contributed by atoms with Gasteiger partial charge in [0.1, 0.15) is 0 Å². The number of benzene rings is 1. The lowest BCUT2D eigenvalue weighted by atomic mass is 10.0. The van der Waals surface area contributed by atoms with Crippen molar-refractivity contribution in [1.82, 2.24) is 0 Å². The minimum Gasteiger partial charge on any atom is -0.322 e. The highest BCUT2D eigenvalue weighted by atomic mass is 16.1. The van der Waals surface area contributed by atoms with Crippen LogP contribution in [0.4, 0.5) is 5.69 Å². The molecule has 1 aromatic carbocycles. The van der Waals surface area contributed by atoms with Crippen LogP contribution in [0.15, 0.2) is 41.5 Å². The number of amides is 1. The molecule has 0 saturated heterocycles. The lowest BCUT2D eigenvalue weighted by Gasteiger charge is -2.09. The highest BCUT2D eigenvalue weighted by molar-refractivity contribution is 6.04. The molecule has 1 N–H and O–H groups in total. The zero-order valence-corrected chi connectivity index (χ0v) is 10.2. The topological polar surface area (TPSA) is 29.1 Å². The van der Waals surface area contributed by atoms with Gasteiger partial charge in [0.05, 0.1) is 0 Å². The number of carbonyl (C=O) groups excluding carboxylic acids is 1. The summed E-state index contributed by atoms with van der Waals surface area (Å²) in [6, 6.07) is 9.55. The molecular formula is C14H19NO. The van der Waals surface area contributed by atoms with Gasteiger partial charge in [-0.2, -0.15) is 0 Å². The maximum Gasteiger partial charge on any atom is 0.251 e. The Morgan fingerprint density at radius 1 is 1.19 bits per heavy atom. The highest BCUT2D eigenvalue weighted by Crippen LogP contribution is 2.14. The van der Waals surface area contributed by atoms with Gasteiger partial charge in [0.25, 0.3) is 5.91 Å². The molecule has 0 saturated carbocycles. The normalized spacial score (nSPS) is 9.69. The van der Waals surface area contributed by atoms with E-state index in [-0.39, 0.29) is 5.91 Å². The van der Waals surface area contributed by atoms with Crippen molar-refractivity contribution in [1.29, 1.82) is 0 Å². The molecule has 0 aromatic heterocycles. The van der Waals surface area contributed by atoms with Crippen LogP contribution in [0, 0.1) is 0 Å². The molecule has 0 aliphatic heterocycles. The third kappa shape index (κ3) is 3.54. The Morgan fingerprint density at radius 3 is 2.31 bits per heavy atom. The Kier molecular flexibility index (Phi) is 4.77. The molecule has 0 bridgehead atoms. The van der Waals surface area contributed by atoms with Gasteiger partial charge in [0.15, 0.2) is 0 Å². The fraction of sp³-hybridized carbons (Fsp3) is 0.357. The molecule has 2 nitrogen and oxygen atoms in total. The number of carbonyl (C=O) groups is 1. The molecule has 2 heteroatoms. The fourth-order valence-electron chi connectivity index (χ4n) is 1.57. The van der Waals surface area contributed by atoms with Crippen molar-refractivity contribution in [3.63, 3.8) is 0 Å². The van der Waals surface area contributed by atoms with E-state index in [0.29, 0.717) is 0 Å². The summed E-state index contributed by atoms with van der Waals surface area (Å²) < 4.78 is 0. The van der Waals surface area contributed by atoms with E-state index in [1.54, 1.807) is 0 Å². The number of para-hydroxylation sites is 1. The smallest absolute Gasteiger partial charge is 0.251 e. The third-order valence-corrected chi connectivity index (χ3v) is 2.41. The second-order valence-electron chi connectivity index (χ2n) is 4.05. The molecular weight excluding hydrogens is 198 g/mol. The number of allylic oxidation sites excluding steroid dienone is 1. The summed E-state index contributed by atoms with van der Waals surface area (Å²) in [4.78, 5) is 12.0. The summed E-state index contributed by atoms with van der Waals surface area (Å²) in [5, 5.41) is 2.91. The molecule has 1 aromatic rings. The van der Waals surface area contributed by atoms with E-state index >= 15 is 0 Å². The second kappa shape index (κ2) is 6.11. The Balaban J connectivity index is 2.75. The van der Waals surface area contributed by atoms with Crippen molar-refractivity contribution >= 4 is 11.6 Å². The fourth-order valence-corrected chi connectivity index (χ4v) is 1.57. The quantitative estimate of drug-likeness (QED) is 0.764. The number of rotatable bonds is 4. The standard InChI is InChI=1S/C14H19NO/c1-4-8-13(11(2)3)14(16)15-12-9-6-5-7-10-12/h5-7,9-10H,4,8H2,1-3H3,(H,15,16). The van der Waals surface area contributed by atoms with Crippen LogP contribution in [0.1, 0.15) is 33.6 Å². The van der Waals surface area contributed by atoms with Gasteiger partial charge in [-0.05, 0) is 32.4 Å². The second-order valence-corrected chi connectivity index (χ2v) is 4.05. The first kappa shape index (κ1) is 12.5. The molecule has 86 valence electrons. The van der Waals surface area contributed by atoms with Gasteiger partial charge < -0.3 is 5.32 Å². The maximum atomic E-state index is 12.0. The number of nitrogens with one attached hydrogen (secondary N) is 1. The largest absolute Gasteiger partial charge is 0.322 e. The van der Waals surface area contributed by atoms with Gasteiger partial charge in [-0.3, -0.25) is 4.79 Å². The van der Waals surface area contributed by atoms with Crippen molar-refractivity contribution in [2.24, 2.45) is 0 Å². The zero-order chi connectivity index (χ0) is 12.0. The van der Waals surface area contributed by atoms with Gasteiger partial charge in [-0.1, -0.05) is 37.1 Å². The van der Waals surface area contributed by atoms with E-state index in [1.807, 2.05) is 44.2 Å². The summed E-state index contributed by atoms with van der Waals surface area (Å²) in [6.45, 7) is 6.05. The van der Waals surface area contributed by atoms with Crippen LogP contribution in [0.25, 0.3) is 0 Å². The van der Waals surface area contributed by atoms with Crippen LogP contribution < -0.4 is 5.32 Å². The van der Waals surface area contributed by atoms with Gasteiger partial charge >= 0.3 is 0 Å². The molecule has 0 atom stereocenters. The zero-order valence-electron chi connectivity index (χ0n) is 10.2. The number of anilines is 1. The van der Waals surface area contributed by atoms with E-state index in [2.05, 4.69) is 12.2 Å². The van der Waals surface area contributed by atoms with Crippen LogP contribution in [0.5, 0.6) is 0 Å². The van der Waals surface area contributed by atoms with E-state index in [9.17, 15) is 4.79 Å². The maximum absolute atomic E-state index is 12.0. The van der Waals surface area contributed by atoms with Crippen LogP contribution in [-0.2, 0) is 4.79 Å². The van der Waals surface area contributed by atoms with Gasteiger partial charge in [0.2, 0.25) is 0 Å². The third-order valence-electron chi connectivity index (χ3n) is 2.41. The average molecular weight is 217 g/mol. The number of hydrogen-bond donors (Lipinski definition) is 1. The monoisotopic (exact) mass is 217 g/mol. The summed E-state index contributed by atoms with van der Waals surface area (Å²) in [6.07, 6.45) is 1.82. The van der Waals surface area contributed by atoms with Crippen molar-refractivity contribution < 1.29 is 4.79 Å². The van der Waals surface area contributed by atoms with E-state index in [1.165, 1.54) is 0 Å². The van der Waals surface area contributed by atoms with Crippen molar-refractivity contribution in [2.75, 3.05) is 5.32 Å². The molecule has 0 aliphatic rings. The molecule has 0 spiro atoms. The van der Waals surface area contributed by atoms with Gasteiger partial charge in [0, 0.05) is 11.3 Å². The minimum atomic E-state index is 0.0213. The summed E-state index contributed by atoms with van der Waals surface area (Å²) >= 11 is 0. The Morgan fingerprint density at radius 2 is 1.81 bits per heavy atom. The molecule has 1 amide bonds. The first-order valence-corrected chi connectivity index (χ1v) is 5.68. The predicted molar refractivity (Wildman–Crippen MR) is 68.4 cm³/mol. The van der Waals surface area contributed by atoms with E-state index in [0.717, 1.165) is 29.7 Å². The first-order valence-electron chi connectivity index (χ1n) is 5.68. The van der Waals surface area contributed by atoms with Gasteiger partial charge in [-0.15, -0.1) is 0 Å². The summed E-state index contributed by atoms with van der Waals surface area (Å²) in [5.74, 6) is 0.0213. The molecule has 0 radical (unpaired) electrons. The molecule has 0 fully saturated rings. The van der Waals surface area contributed by atoms with Crippen molar-refractivity contribution in [3.8, 4) is 0 Å². The summed E-state index contributed by atoms with van der Waals surface area (Å²) in [7, 11) is 0. The van der Waals surface area contributed by atoms with Crippen LogP contribution >= 0.6 is 0 Å². The molecule has 0 unspecified atom stereocenters. The van der Waals surface area contributed by atoms with Gasteiger partial charge in [-0.25, -0.2) is 0 Å². The van der Waals surface area contributed by atoms with E-state index < -0.39 is 0 Å². The SMILES string of the molecule is CCCC(C(=O)Nc1ccccc1)=C(C)C.